The molecule has 0 N–H and O–H groups in total. The number of hydrogen-bond donors (Lipinski definition) is 0. The number of nitrogens with zero attached hydrogens (tertiary/aromatic N) is 1. The van der Waals surface area contributed by atoms with Gasteiger partial charge >= 0.3 is 5.97 Å². The van der Waals surface area contributed by atoms with E-state index in [1.165, 1.54) is 49.5 Å². The molecule has 29 heavy (non-hydrogen) atoms. The molecule has 0 radical (unpaired) electrons. The van der Waals surface area contributed by atoms with Gasteiger partial charge in [0.2, 0.25) is 10.0 Å². The summed E-state index contributed by atoms with van der Waals surface area (Å²) in [6.45, 7) is -0.724. The van der Waals surface area contributed by atoms with Crippen molar-refractivity contribution in [1.82, 2.24) is 4.31 Å². The molecule has 0 unspecified atom stereocenters. The quantitative estimate of drug-likeness (QED) is 0.483. The number of benzene rings is 2. The molecule has 0 heterocycles. The highest BCUT2D eigenvalue weighted by Gasteiger charge is 2.18. The number of carbonyl (C=O) groups is 2. The molecular weight excluding hydrogens is 394 g/mol. The summed E-state index contributed by atoms with van der Waals surface area (Å²) in [5, 5.41) is 0. The molecule has 2 aromatic rings. The Morgan fingerprint density at radius 1 is 0.966 bits per heavy atom. The maximum Gasteiger partial charge on any atom is 0.344 e. The lowest BCUT2D eigenvalue weighted by molar-refractivity contribution is -0.144. The molecule has 2 aromatic carbocycles. The topological polar surface area (TPSA) is 90.0 Å². The highest BCUT2D eigenvalue weighted by Crippen LogP contribution is 2.26. The first kappa shape index (κ1) is 21.0. The van der Waals surface area contributed by atoms with Crippen LogP contribution in [0.25, 0.3) is 0 Å². The van der Waals surface area contributed by atoms with E-state index in [9.17, 15) is 18.0 Å². The van der Waals surface area contributed by atoms with Crippen molar-refractivity contribution in [3.63, 3.8) is 0 Å². The predicted molar refractivity (Wildman–Crippen MR) is 107 cm³/mol. The third-order valence-electron chi connectivity index (χ3n) is 4.75. The summed E-state index contributed by atoms with van der Waals surface area (Å²) >= 11 is 0. The minimum atomic E-state index is -3.56. The first-order valence-electron chi connectivity index (χ1n) is 9.23. The van der Waals surface area contributed by atoms with Crippen LogP contribution in [0, 0.1) is 0 Å². The molecule has 0 saturated heterocycles. The number of sulfonamides is 1. The number of rotatable bonds is 8. The Morgan fingerprint density at radius 2 is 1.66 bits per heavy atom. The van der Waals surface area contributed by atoms with Crippen LogP contribution in [0.3, 0.4) is 0 Å². The Morgan fingerprint density at radius 3 is 2.34 bits per heavy atom. The van der Waals surface area contributed by atoms with Crippen molar-refractivity contribution in [3.05, 3.63) is 59.2 Å². The fourth-order valence-electron chi connectivity index (χ4n) is 3.07. The van der Waals surface area contributed by atoms with E-state index in [2.05, 4.69) is 0 Å². The first-order chi connectivity index (χ1) is 13.8. The summed E-state index contributed by atoms with van der Waals surface area (Å²) in [6.07, 6.45) is 3.22. The highest BCUT2D eigenvalue weighted by molar-refractivity contribution is 7.89. The Labute approximate surface area is 170 Å². The Bertz CT molecular complexity index is 1010. The van der Waals surface area contributed by atoms with Gasteiger partial charge in [-0.05, 0) is 66.8 Å². The molecular formula is C21H23NO6S. The Balaban J connectivity index is 1.49. The third kappa shape index (κ3) is 5.02. The van der Waals surface area contributed by atoms with Gasteiger partial charge < -0.3 is 9.47 Å². The maximum atomic E-state index is 12.2. The predicted octanol–water partition coefficient (Wildman–Crippen LogP) is 2.23. The zero-order chi connectivity index (χ0) is 21.0. The minimum absolute atomic E-state index is 0.0822. The summed E-state index contributed by atoms with van der Waals surface area (Å²) in [6, 6.07) is 11.3. The van der Waals surface area contributed by atoms with Gasteiger partial charge in [0.1, 0.15) is 5.75 Å². The van der Waals surface area contributed by atoms with Gasteiger partial charge in [0.15, 0.2) is 19.0 Å². The zero-order valence-corrected chi connectivity index (χ0v) is 17.2. The molecule has 1 aliphatic carbocycles. The molecule has 0 bridgehead atoms. The van der Waals surface area contributed by atoms with Crippen LogP contribution in [-0.2, 0) is 32.4 Å². The van der Waals surface area contributed by atoms with Crippen molar-refractivity contribution < 1.29 is 27.5 Å². The van der Waals surface area contributed by atoms with E-state index in [0.29, 0.717) is 5.75 Å². The molecule has 0 saturated carbocycles. The molecule has 1 aliphatic rings. The van der Waals surface area contributed by atoms with Crippen molar-refractivity contribution in [2.24, 2.45) is 0 Å². The standard InChI is InChI=1S/C21H23NO6S/c1-22(2)29(25,26)19-10-7-16(8-11-19)20(23)13-28-21(24)14-27-18-9-6-15-4-3-5-17(15)12-18/h6-12H,3-5,13-14H2,1-2H3. The lowest BCUT2D eigenvalue weighted by Crippen LogP contribution is -2.22. The van der Waals surface area contributed by atoms with E-state index >= 15 is 0 Å². The van der Waals surface area contributed by atoms with E-state index < -0.39 is 28.4 Å². The van der Waals surface area contributed by atoms with Crippen LogP contribution in [-0.4, -0.2) is 51.8 Å². The number of fused-ring (bicyclic) bond motifs is 1. The summed E-state index contributed by atoms with van der Waals surface area (Å²) in [5.41, 5.74) is 2.82. The molecule has 0 fully saturated rings. The lowest BCUT2D eigenvalue weighted by atomic mass is 10.1. The van der Waals surface area contributed by atoms with Crippen LogP contribution in [0.5, 0.6) is 5.75 Å². The van der Waals surface area contributed by atoms with E-state index in [4.69, 9.17) is 9.47 Å². The van der Waals surface area contributed by atoms with Crippen LogP contribution in [0.2, 0.25) is 0 Å². The van der Waals surface area contributed by atoms with Gasteiger partial charge in [-0.15, -0.1) is 0 Å². The van der Waals surface area contributed by atoms with Crippen molar-refractivity contribution in [1.29, 1.82) is 0 Å². The van der Waals surface area contributed by atoms with E-state index in [1.807, 2.05) is 18.2 Å². The van der Waals surface area contributed by atoms with Gasteiger partial charge in [-0.3, -0.25) is 4.79 Å². The number of Topliss-reactive ketones (excluding diaryl/α,β-unsaturated/α-hetero) is 1. The molecule has 0 aromatic heterocycles. The van der Waals surface area contributed by atoms with E-state index in [-0.39, 0.29) is 17.1 Å². The molecule has 0 amide bonds. The van der Waals surface area contributed by atoms with Crippen LogP contribution >= 0.6 is 0 Å². The monoisotopic (exact) mass is 417 g/mol. The number of ether oxygens (including phenoxy) is 2. The maximum absolute atomic E-state index is 12.2. The average molecular weight is 417 g/mol. The second-order valence-corrected chi connectivity index (χ2v) is 9.12. The molecule has 154 valence electrons. The van der Waals surface area contributed by atoms with Crippen LogP contribution < -0.4 is 4.74 Å². The Hall–Kier alpha value is -2.71. The fourth-order valence-corrected chi connectivity index (χ4v) is 3.98. The largest absolute Gasteiger partial charge is 0.482 e. The number of aryl methyl sites for hydroxylation is 2. The molecule has 0 aliphatic heterocycles. The molecule has 0 atom stereocenters. The van der Waals surface area contributed by atoms with Crippen LogP contribution in [0.4, 0.5) is 0 Å². The van der Waals surface area contributed by atoms with Gasteiger partial charge in [-0.2, -0.15) is 0 Å². The fraction of sp³-hybridized carbons (Fsp3) is 0.333. The first-order valence-corrected chi connectivity index (χ1v) is 10.7. The summed E-state index contributed by atoms with van der Waals surface area (Å²) in [4.78, 5) is 24.1. The second kappa shape index (κ2) is 8.75. The third-order valence-corrected chi connectivity index (χ3v) is 6.58. The SMILES string of the molecule is CN(C)S(=O)(=O)c1ccc(C(=O)COC(=O)COc2ccc3c(c2)CCC3)cc1. The van der Waals surface area contributed by atoms with Gasteiger partial charge in [0, 0.05) is 19.7 Å². The summed E-state index contributed by atoms with van der Waals surface area (Å²) < 4.78 is 35.6. The van der Waals surface area contributed by atoms with Crippen molar-refractivity contribution in [2.45, 2.75) is 24.2 Å². The number of ketones is 1. The van der Waals surface area contributed by atoms with Gasteiger partial charge in [-0.25, -0.2) is 17.5 Å². The van der Waals surface area contributed by atoms with Gasteiger partial charge in [-0.1, -0.05) is 6.07 Å². The molecule has 7 nitrogen and oxygen atoms in total. The Kier molecular flexibility index (Phi) is 6.34. The summed E-state index contributed by atoms with van der Waals surface area (Å²) in [7, 11) is -0.704. The van der Waals surface area contributed by atoms with Gasteiger partial charge in [0.25, 0.3) is 0 Å². The zero-order valence-electron chi connectivity index (χ0n) is 16.4. The molecule has 8 heteroatoms. The van der Waals surface area contributed by atoms with Crippen molar-refractivity contribution in [3.8, 4) is 5.75 Å². The van der Waals surface area contributed by atoms with Crippen molar-refractivity contribution >= 4 is 21.8 Å². The smallest absolute Gasteiger partial charge is 0.344 e. The van der Waals surface area contributed by atoms with Gasteiger partial charge in [0.05, 0.1) is 4.90 Å². The van der Waals surface area contributed by atoms with E-state index in [0.717, 1.165) is 23.6 Å². The number of esters is 1. The second-order valence-electron chi connectivity index (χ2n) is 6.97. The molecule has 3 rings (SSSR count). The average Bonchev–Trinajstić information content (AvgIpc) is 3.18. The molecule has 0 spiro atoms. The van der Waals surface area contributed by atoms with Crippen LogP contribution in [0.15, 0.2) is 47.4 Å². The van der Waals surface area contributed by atoms with Crippen LogP contribution in [0.1, 0.15) is 27.9 Å². The highest BCUT2D eigenvalue weighted by atomic mass is 32.2. The normalized spacial score (nSPS) is 13.2. The summed E-state index contributed by atoms with van der Waals surface area (Å²) in [5.74, 6) is -0.470. The number of carbonyl (C=O) groups excluding carboxylic acids is 2. The lowest BCUT2D eigenvalue weighted by Gasteiger charge is -2.11. The van der Waals surface area contributed by atoms with Crippen molar-refractivity contribution in [2.75, 3.05) is 27.3 Å². The minimum Gasteiger partial charge on any atom is -0.482 e. The van der Waals surface area contributed by atoms with E-state index in [1.54, 1.807) is 0 Å². The number of hydrogen-bond acceptors (Lipinski definition) is 6.